The van der Waals surface area contributed by atoms with Gasteiger partial charge in [-0.25, -0.2) is 4.99 Å². The Morgan fingerprint density at radius 2 is 2.00 bits per heavy atom. The van der Waals surface area contributed by atoms with Crippen molar-refractivity contribution in [2.24, 2.45) is 10.9 Å². The average Bonchev–Trinajstić information content (AvgIpc) is 3.18. The molecule has 3 unspecified atom stereocenters. The molecule has 4 heterocycles. The van der Waals surface area contributed by atoms with Crippen LogP contribution in [-0.4, -0.2) is 39.8 Å². The first-order chi connectivity index (χ1) is 15.9. The zero-order valence-electron chi connectivity index (χ0n) is 19.4. The van der Waals surface area contributed by atoms with Gasteiger partial charge in [0.2, 0.25) is 0 Å². The lowest BCUT2D eigenvalue weighted by Gasteiger charge is -2.37. The molecule has 2 aliphatic heterocycles. The third-order valence-electron chi connectivity index (χ3n) is 7.32. The fourth-order valence-corrected chi connectivity index (χ4v) is 5.54. The molecule has 0 radical (unpaired) electrons. The maximum atomic E-state index is 12.5. The van der Waals surface area contributed by atoms with Gasteiger partial charge in [0.1, 0.15) is 11.6 Å². The second-order valence-corrected chi connectivity index (χ2v) is 9.77. The number of aryl methyl sites for hydroxylation is 3. The number of hydrogen-bond acceptors (Lipinski definition) is 7. The Hall–Kier alpha value is -2.77. The predicted octanol–water partition coefficient (Wildman–Crippen LogP) is 3.88. The van der Waals surface area contributed by atoms with E-state index in [1.54, 1.807) is 0 Å². The van der Waals surface area contributed by atoms with E-state index in [9.17, 15) is 5.11 Å². The van der Waals surface area contributed by atoms with Crippen LogP contribution in [0.4, 0.5) is 0 Å². The van der Waals surface area contributed by atoms with Gasteiger partial charge in [0.25, 0.3) is 0 Å². The minimum atomic E-state index is -1.40. The lowest BCUT2D eigenvalue weighted by Crippen LogP contribution is -2.44. The van der Waals surface area contributed by atoms with Crippen LogP contribution in [-0.2, 0) is 10.3 Å². The minimum absolute atomic E-state index is 0.00189. The highest BCUT2D eigenvalue weighted by atomic mass is 16.5. The number of fused-ring (bicyclic) bond motifs is 1. The molecule has 7 nitrogen and oxygen atoms in total. The molecule has 2 aromatic heterocycles. The van der Waals surface area contributed by atoms with Crippen molar-refractivity contribution >= 4 is 11.4 Å². The summed E-state index contributed by atoms with van der Waals surface area (Å²) >= 11 is 0. The molecule has 2 aliphatic carbocycles. The van der Waals surface area contributed by atoms with Gasteiger partial charge in [-0.1, -0.05) is 11.2 Å². The average molecular weight is 447 g/mol. The molecule has 6 rings (SSSR count). The molecular formula is C26H30N4O3. The van der Waals surface area contributed by atoms with Crippen molar-refractivity contribution in [1.29, 1.82) is 0 Å². The van der Waals surface area contributed by atoms with Crippen LogP contribution in [0, 0.1) is 26.7 Å². The minimum Gasteiger partial charge on any atom is -0.376 e. The Labute approximate surface area is 193 Å². The van der Waals surface area contributed by atoms with Crippen LogP contribution < -0.4 is 5.32 Å². The SMILES string of the molecule is Cc1cccc(C(O)(C2=C3N=C(C4CC4)NC3CC(c3c(C)noc3C)=C2)C2CCCO2)n1. The predicted molar refractivity (Wildman–Crippen MR) is 125 cm³/mol. The van der Waals surface area contributed by atoms with Crippen molar-refractivity contribution in [2.75, 3.05) is 6.61 Å². The van der Waals surface area contributed by atoms with Crippen molar-refractivity contribution in [3.05, 3.63) is 64.0 Å². The van der Waals surface area contributed by atoms with Crippen LogP contribution in [0.1, 0.15) is 60.5 Å². The highest BCUT2D eigenvalue weighted by Crippen LogP contribution is 2.47. The van der Waals surface area contributed by atoms with Gasteiger partial charge in [-0.15, -0.1) is 0 Å². The number of aliphatic imine (C=N–C) groups is 1. The zero-order chi connectivity index (χ0) is 22.7. The Bertz CT molecular complexity index is 1180. The molecule has 0 aromatic carbocycles. The maximum absolute atomic E-state index is 12.5. The highest BCUT2D eigenvalue weighted by molar-refractivity contribution is 5.92. The third kappa shape index (κ3) is 3.37. The van der Waals surface area contributed by atoms with Crippen LogP contribution in [0.25, 0.3) is 5.57 Å². The molecule has 3 atom stereocenters. The van der Waals surface area contributed by atoms with Crippen LogP contribution in [0.3, 0.4) is 0 Å². The molecule has 7 heteroatoms. The number of aliphatic hydroxyl groups is 1. The molecule has 172 valence electrons. The van der Waals surface area contributed by atoms with Crippen molar-refractivity contribution in [3.8, 4) is 0 Å². The first-order valence-corrected chi connectivity index (χ1v) is 12.0. The summed E-state index contributed by atoms with van der Waals surface area (Å²) in [6, 6.07) is 5.81. The van der Waals surface area contributed by atoms with Gasteiger partial charge < -0.3 is 19.7 Å². The van der Waals surface area contributed by atoms with E-state index in [0.717, 1.165) is 64.7 Å². The second kappa shape index (κ2) is 7.64. The Balaban J connectivity index is 1.58. The summed E-state index contributed by atoms with van der Waals surface area (Å²) < 4.78 is 11.6. The molecular weight excluding hydrogens is 416 g/mol. The monoisotopic (exact) mass is 446 g/mol. The van der Waals surface area contributed by atoms with Crippen molar-refractivity contribution in [2.45, 2.75) is 70.6 Å². The van der Waals surface area contributed by atoms with Gasteiger partial charge in [-0.2, -0.15) is 0 Å². The van der Waals surface area contributed by atoms with E-state index < -0.39 is 5.60 Å². The Morgan fingerprint density at radius 3 is 2.67 bits per heavy atom. The Kier molecular flexibility index (Phi) is 4.82. The van der Waals surface area contributed by atoms with Crippen molar-refractivity contribution < 1.29 is 14.4 Å². The number of pyridine rings is 1. The summed E-state index contributed by atoms with van der Waals surface area (Å²) in [5, 5.41) is 20.4. The number of nitrogens with zero attached hydrogens (tertiary/aromatic N) is 3. The summed E-state index contributed by atoms with van der Waals surface area (Å²) in [6.45, 7) is 6.50. The third-order valence-corrected chi connectivity index (χ3v) is 7.32. The van der Waals surface area contributed by atoms with E-state index in [-0.39, 0.29) is 12.1 Å². The fourth-order valence-electron chi connectivity index (χ4n) is 5.54. The molecule has 4 aliphatic rings. The molecule has 2 N–H and O–H groups in total. The first-order valence-electron chi connectivity index (χ1n) is 12.0. The van der Waals surface area contributed by atoms with Crippen LogP contribution >= 0.6 is 0 Å². The molecule has 1 saturated heterocycles. The fraction of sp³-hybridized carbons (Fsp3) is 0.500. The maximum Gasteiger partial charge on any atom is 0.159 e. The normalized spacial score (nSPS) is 26.5. The quantitative estimate of drug-likeness (QED) is 0.724. The number of amidine groups is 1. The number of aromatic nitrogens is 2. The van der Waals surface area contributed by atoms with Gasteiger partial charge in [0, 0.05) is 29.4 Å². The summed E-state index contributed by atoms with van der Waals surface area (Å²) in [5.41, 5.74) is 4.74. The highest BCUT2D eigenvalue weighted by Gasteiger charge is 2.50. The van der Waals surface area contributed by atoms with E-state index in [2.05, 4.69) is 16.5 Å². The number of rotatable bonds is 5. The summed E-state index contributed by atoms with van der Waals surface area (Å²) in [4.78, 5) is 9.83. The van der Waals surface area contributed by atoms with E-state index in [4.69, 9.17) is 19.2 Å². The van der Waals surface area contributed by atoms with Gasteiger partial charge in [0.15, 0.2) is 5.60 Å². The topological polar surface area (TPSA) is 92.8 Å². The molecule has 0 amide bonds. The van der Waals surface area contributed by atoms with Gasteiger partial charge in [0.05, 0.1) is 29.2 Å². The van der Waals surface area contributed by atoms with Crippen LogP contribution in [0.15, 0.2) is 45.1 Å². The van der Waals surface area contributed by atoms with Gasteiger partial charge in [-0.3, -0.25) is 4.98 Å². The Morgan fingerprint density at radius 1 is 1.15 bits per heavy atom. The lowest BCUT2D eigenvalue weighted by atomic mass is 9.76. The van der Waals surface area contributed by atoms with Crippen LogP contribution in [0.5, 0.6) is 0 Å². The van der Waals surface area contributed by atoms with Crippen LogP contribution in [0.2, 0.25) is 0 Å². The number of nitrogens with one attached hydrogen (secondary N) is 1. The largest absolute Gasteiger partial charge is 0.376 e. The van der Waals surface area contributed by atoms with Gasteiger partial charge in [-0.05, 0) is 76.7 Å². The van der Waals surface area contributed by atoms with Crippen molar-refractivity contribution in [1.82, 2.24) is 15.5 Å². The first kappa shape index (κ1) is 20.8. The number of hydrogen-bond donors (Lipinski definition) is 2. The van der Waals surface area contributed by atoms with E-state index in [0.29, 0.717) is 18.2 Å². The summed E-state index contributed by atoms with van der Waals surface area (Å²) in [7, 11) is 0. The summed E-state index contributed by atoms with van der Waals surface area (Å²) in [5.74, 6) is 2.34. The molecule has 33 heavy (non-hydrogen) atoms. The van der Waals surface area contributed by atoms with Gasteiger partial charge >= 0.3 is 0 Å². The molecule has 2 fully saturated rings. The zero-order valence-corrected chi connectivity index (χ0v) is 19.4. The molecule has 1 saturated carbocycles. The number of ether oxygens (including phenoxy) is 1. The van der Waals surface area contributed by atoms with E-state index >= 15 is 0 Å². The standard InChI is InChI=1S/C26H30N4O3/c1-14-6-4-7-21(27-14)26(31,22-8-5-11-32-22)19-12-18(23-15(2)30-33-16(23)3)13-20-24(19)29-25(28-20)17-9-10-17/h4,6-7,12,17,20,22,31H,5,8-11,13H2,1-3H3,(H,28,29). The molecule has 0 bridgehead atoms. The van der Waals surface area contributed by atoms with E-state index in [1.165, 1.54) is 12.8 Å². The second-order valence-electron chi connectivity index (χ2n) is 9.77. The molecule has 2 aromatic rings. The smallest absolute Gasteiger partial charge is 0.159 e. The summed E-state index contributed by atoms with van der Waals surface area (Å²) in [6.07, 6.45) is 6.52. The molecule has 0 spiro atoms. The van der Waals surface area contributed by atoms with Crippen molar-refractivity contribution in [3.63, 3.8) is 0 Å². The lowest BCUT2D eigenvalue weighted by molar-refractivity contribution is -0.0659. The van der Waals surface area contributed by atoms with E-state index in [1.807, 2.05) is 39.0 Å².